The number of hydrogen-bond donors (Lipinski definition) is 1. The second-order valence-corrected chi connectivity index (χ2v) is 2.14. The van der Waals surface area contributed by atoms with Crippen LogP contribution in [-0.4, -0.2) is 15.1 Å². The van der Waals surface area contributed by atoms with Gasteiger partial charge >= 0.3 is 0 Å². The molecule has 2 rings (SSSR count). The van der Waals surface area contributed by atoms with Crippen molar-refractivity contribution in [3.05, 3.63) is 30.4 Å². The van der Waals surface area contributed by atoms with Gasteiger partial charge in [0.05, 0.1) is 12.4 Å². The van der Waals surface area contributed by atoms with Gasteiger partial charge < -0.3 is 5.11 Å². The van der Waals surface area contributed by atoms with Crippen LogP contribution in [0.3, 0.4) is 0 Å². The van der Waals surface area contributed by atoms with Gasteiger partial charge in [-0.1, -0.05) is 0 Å². The molecule has 3 heteroatoms. The minimum Gasteiger partial charge on any atom is -0.493 e. The quantitative estimate of drug-likeness (QED) is 0.611. The molecular weight excluding hydrogens is 140 g/mol. The van der Waals surface area contributed by atoms with Gasteiger partial charge in [-0.05, 0) is 18.2 Å². The highest BCUT2D eigenvalue weighted by Crippen LogP contribution is 2.11. The average molecular weight is 147 g/mol. The van der Waals surface area contributed by atoms with Crippen LogP contribution in [0.25, 0.3) is 11.0 Å². The number of nitrogens with zero attached hydrogens (tertiary/aromatic N) is 2. The molecule has 0 aliphatic rings. The van der Waals surface area contributed by atoms with Crippen LogP contribution in [0.4, 0.5) is 0 Å². The van der Waals surface area contributed by atoms with Crippen molar-refractivity contribution in [3.8, 4) is 5.88 Å². The summed E-state index contributed by atoms with van der Waals surface area (Å²) >= 11 is 0. The number of fused-ring (bicyclic) bond motifs is 1. The summed E-state index contributed by atoms with van der Waals surface area (Å²) in [6, 6.07) is 4.98. The van der Waals surface area contributed by atoms with E-state index in [-0.39, 0.29) is 5.88 Å². The lowest BCUT2D eigenvalue weighted by atomic mass is 10.3. The van der Waals surface area contributed by atoms with E-state index in [9.17, 15) is 0 Å². The smallest absolute Gasteiger partial charge is 0.211 e. The van der Waals surface area contributed by atoms with Gasteiger partial charge in [0.15, 0.2) is 0 Å². The maximum Gasteiger partial charge on any atom is 0.211 e. The lowest BCUT2D eigenvalue weighted by Gasteiger charge is -1.94. The van der Waals surface area contributed by atoms with E-state index in [4.69, 9.17) is 6.48 Å². The van der Waals surface area contributed by atoms with Crippen LogP contribution in [0.1, 0.15) is 1.37 Å². The Morgan fingerprint density at radius 1 is 1.27 bits per heavy atom. The van der Waals surface area contributed by atoms with Crippen molar-refractivity contribution >= 4 is 11.0 Å². The van der Waals surface area contributed by atoms with Crippen LogP contribution in [0.5, 0.6) is 5.88 Å². The summed E-state index contributed by atoms with van der Waals surface area (Å²) in [5, 5.41) is 9.02. The van der Waals surface area contributed by atoms with Crippen LogP contribution in [0, 0.1) is 0 Å². The maximum absolute atomic E-state index is 9.02. The standard InChI is InChI=1S/C8H6N2O/c11-8-4-3-6-7(10-8)2-1-5-9-6/h1-5H,(H,10,11)/i1D. The average Bonchev–Trinajstić information content (AvgIpc) is 2.03. The number of aromatic hydroxyl groups is 1. The van der Waals surface area contributed by atoms with Crippen LogP contribution in [0.15, 0.2) is 30.4 Å². The molecule has 3 nitrogen and oxygen atoms in total. The van der Waals surface area contributed by atoms with E-state index < -0.39 is 0 Å². The summed E-state index contributed by atoms with van der Waals surface area (Å²) in [5.41, 5.74) is 1.23. The molecule has 2 heterocycles. The molecule has 0 saturated carbocycles. The molecule has 0 fully saturated rings. The zero-order chi connectivity index (χ0) is 8.55. The zero-order valence-corrected chi connectivity index (χ0v) is 5.65. The van der Waals surface area contributed by atoms with Crippen LogP contribution in [0.2, 0.25) is 0 Å². The largest absolute Gasteiger partial charge is 0.493 e. The van der Waals surface area contributed by atoms with E-state index in [0.717, 1.165) is 0 Å². The Morgan fingerprint density at radius 3 is 3.09 bits per heavy atom. The van der Waals surface area contributed by atoms with E-state index in [1.807, 2.05) is 0 Å². The number of pyridine rings is 2. The summed E-state index contributed by atoms with van der Waals surface area (Å²) < 4.78 is 7.26. The van der Waals surface area contributed by atoms with Crippen molar-refractivity contribution in [2.24, 2.45) is 0 Å². The SMILES string of the molecule is [2H]c1cnc2ccc(O)nc2c1. The van der Waals surface area contributed by atoms with Crippen molar-refractivity contribution < 1.29 is 6.48 Å². The Labute approximate surface area is 64.8 Å². The lowest BCUT2D eigenvalue weighted by Crippen LogP contribution is -1.80. The van der Waals surface area contributed by atoms with Gasteiger partial charge in [-0.3, -0.25) is 4.98 Å². The summed E-state index contributed by atoms with van der Waals surface area (Å²) in [6.07, 6.45) is 1.45. The third-order valence-electron chi connectivity index (χ3n) is 1.39. The molecule has 54 valence electrons. The van der Waals surface area contributed by atoms with Crippen LogP contribution in [-0.2, 0) is 0 Å². The Hall–Kier alpha value is -1.64. The van der Waals surface area contributed by atoms with Gasteiger partial charge in [-0.25, -0.2) is 4.98 Å². The molecule has 0 atom stereocenters. The highest BCUT2D eigenvalue weighted by Gasteiger charge is 1.94. The Kier molecular flexibility index (Phi) is 1.01. The first-order chi connectivity index (χ1) is 5.75. The molecule has 0 aromatic carbocycles. The Morgan fingerprint density at radius 2 is 2.18 bits per heavy atom. The fourth-order valence-electron chi connectivity index (χ4n) is 0.895. The van der Waals surface area contributed by atoms with Gasteiger partial charge in [0.25, 0.3) is 0 Å². The van der Waals surface area contributed by atoms with E-state index >= 15 is 0 Å². The van der Waals surface area contributed by atoms with Crippen molar-refractivity contribution in [1.82, 2.24) is 9.97 Å². The molecule has 1 N–H and O–H groups in total. The van der Waals surface area contributed by atoms with Gasteiger partial charge in [0.2, 0.25) is 5.88 Å². The molecule has 0 saturated heterocycles. The summed E-state index contributed by atoms with van der Waals surface area (Å²) in [7, 11) is 0. The molecule has 0 aliphatic heterocycles. The first kappa shape index (κ1) is 5.07. The summed E-state index contributed by atoms with van der Waals surface area (Å²) in [4.78, 5) is 7.77. The topological polar surface area (TPSA) is 46.0 Å². The third-order valence-corrected chi connectivity index (χ3v) is 1.39. The van der Waals surface area contributed by atoms with E-state index in [0.29, 0.717) is 17.1 Å². The molecular formula is C8H6N2O. The predicted octanol–water partition coefficient (Wildman–Crippen LogP) is 1.34. The van der Waals surface area contributed by atoms with E-state index in [2.05, 4.69) is 9.97 Å². The molecule has 0 spiro atoms. The summed E-state index contributed by atoms with van der Waals surface area (Å²) in [6.45, 7) is 0. The second kappa shape index (κ2) is 2.20. The van der Waals surface area contributed by atoms with E-state index in [1.165, 1.54) is 12.3 Å². The van der Waals surface area contributed by atoms with Gasteiger partial charge in [0.1, 0.15) is 0 Å². The minimum atomic E-state index is -0.0464. The number of rotatable bonds is 0. The highest BCUT2D eigenvalue weighted by atomic mass is 16.3. The fraction of sp³-hybridized carbons (Fsp3) is 0. The first-order valence-electron chi connectivity index (χ1n) is 3.68. The fourth-order valence-corrected chi connectivity index (χ4v) is 0.895. The van der Waals surface area contributed by atoms with Gasteiger partial charge in [0, 0.05) is 12.3 Å². The zero-order valence-electron chi connectivity index (χ0n) is 6.65. The number of aromatic nitrogens is 2. The van der Waals surface area contributed by atoms with E-state index in [1.54, 1.807) is 12.1 Å². The summed E-state index contributed by atoms with van der Waals surface area (Å²) in [5.74, 6) is -0.0464. The molecule has 0 amide bonds. The molecule has 0 radical (unpaired) electrons. The maximum atomic E-state index is 9.02. The molecule has 2 aromatic heterocycles. The minimum absolute atomic E-state index is 0.0464. The predicted molar refractivity (Wildman–Crippen MR) is 41.2 cm³/mol. The first-order valence-corrected chi connectivity index (χ1v) is 3.18. The number of hydrogen-bond acceptors (Lipinski definition) is 3. The highest BCUT2D eigenvalue weighted by molar-refractivity contribution is 5.73. The molecule has 2 aromatic rings. The Balaban J connectivity index is 2.80. The normalized spacial score (nSPS) is 11.5. The third kappa shape index (κ3) is 1.00. The van der Waals surface area contributed by atoms with Gasteiger partial charge in [-0.15, -0.1) is 0 Å². The second-order valence-electron chi connectivity index (χ2n) is 2.14. The monoisotopic (exact) mass is 147 g/mol. The molecule has 0 bridgehead atoms. The van der Waals surface area contributed by atoms with Crippen LogP contribution < -0.4 is 0 Å². The molecule has 0 aliphatic carbocycles. The molecule has 11 heavy (non-hydrogen) atoms. The van der Waals surface area contributed by atoms with Crippen LogP contribution >= 0.6 is 0 Å². The van der Waals surface area contributed by atoms with Crippen molar-refractivity contribution in [2.45, 2.75) is 0 Å². The molecule has 0 unspecified atom stereocenters. The van der Waals surface area contributed by atoms with Crippen molar-refractivity contribution in [3.63, 3.8) is 0 Å². The lowest BCUT2D eigenvalue weighted by molar-refractivity contribution is 0.456. The van der Waals surface area contributed by atoms with Crippen molar-refractivity contribution in [1.29, 1.82) is 0 Å². The van der Waals surface area contributed by atoms with Gasteiger partial charge in [-0.2, -0.15) is 0 Å². The Bertz CT molecular complexity index is 394. The van der Waals surface area contributed by atoms with Crippen molar-refractivity contribution in [2.75, 3.05) is 0 Å².